The van der Waals surface area contributed by atoms with Crippen molar-refractivity contribution in [3.8, 4) is 0 Å². The third-order valence-corrected chi connectivity index (χ3v) is 4.03. The first-order valence-electron chi connectivity index (χ1n) is 7.25. The molecule has 1 fully saturated rings. The van der Waals surface area contributed by atoms with Crippen LogP contribution in [-0.4, -0.2) is 57.0 Å². The summed E-state index contributed by atoms with van der Waals surface area (Å²) >= 11 is 0. The second-order valence-electron chi connectivity index (χ2n) is 5.43. The van der Waals surface area contributed by atoms with Crippen molar-refractivity contribution >= 4 is 5.91 Å². The summed E-state index contributed by atoms with van der Waals surface area (Å²) in [6.07, 6.45) is 6.79. The van der Waals surface area contributed by atoms with Gasteiger partial charge in [0, 0.05) is 25.7 Å². The van der Waals surface area contributed by atoms with E-state index in [1.54, 1.807) is 6.20 Å². The highest BCUT2D eigenvalue weighted by molar-refractivity contribution is 5.76. The Morgan fingerprint density at radius 3 is 2.85 bits per heavy atom. The van der Waals surface area contributed by atoms with Crippen molar-refractivity contribution in [2.45, 2.75) is 38.2 Å². The number of hydrogen-bond acceptors (Lipinski definition) is 4. The Morgan fingerprint density at radius 1 is 1.50 bits per heavy atom. The summed E-state index contributed by atoms with van der Waals surface area (Å²) in [5.74, 6) is 0.306. The molecule has 1 aromatic rings. The van der Waals surface area contributed by atoms with Crippen molar-refractivity contribution in [3.63, 3.8) is 0 Å². The molecular weight excluding hydrogens is 258 g/mol. The smallest absolute Gasteiger partial charge is 0.222 e. The number of nitrogens with one attached hydrogen (secondary N) is 1. The SMILES string of the molecule is O=C(CCCc1cn[nH]c1)N1CCC(C(O)CO)CC1. The second kappa shape index (κ2) is 7.40. The molecule has 6 nitrogen and oxygen atoms in total. The van der Waals surface area contributed by atoms with E-state index in [-0.39, 0.29) is 18.4 Å². The molecule has 2 heterocycles. The fraction of sp³-hybridized carbons (Fsp3) is 0.714. The van der Waals surface area contributed by atoms with Crippen molar-refractivity contribution in [3.05, 3.63) is 18.0 Å². The standard InChI is InChI=1S/C14H23N3O3/c18-10-13(19)12-4-6-17(7-5-12)14(20)3-1-2-11-8-15-16-9-11/h8-9,12-13,18-19H,1-7,10H2,(H,15,16). The molecule has 6 heteroatoms. The number of aryl methyl sites for hydroxylation is 1. The van der Waals surface area contributed by atoms with Crippen molar-refractivity contribution in [1.82, 2.24) is 15.1 Å². The van der Waals surface area contributed by atoms with Gasteiger partial charge in [0.15, 0.2) is 0 Å². The molecule has 0 radical (unpaired) electrons. The molecule has 20 heavy (non-hydrogen) atoms. The van der Waals surface area contributed by atoms with Crippen LogP contribution in [0.25, 0.3) is 0 Å². The number of aromatic nitrogens is 2. The number of rotatable bonds is 6. The van der Waals surface area contributed by atoms with Gasteiger partial charge in [0.2, 0.25) is 5.91 Å². The molecule has 2 rings (SSSR count). The summed E-state index contributed by atoms with van der Waals surface area (Å²) in [7, 11) is 0. The molecule has 0 saturated carbocycles. The lowest BCUT2D eigenvalue weighted by molar-refractivity contribution is -0.133. The number of amides is 1. The van der Waals surface area contributed by atoms with E-state index >= 15 is 0 Å². The van der Waals surface area contributed by atoms with E-state index in [1.165, 1.54) is 0 Å². The highest BCUT2D eigenvalue weighted by atomic mass is 16.3. The maximum absolute atomic E-state index is 12.1. The van der Waals surface area contributed by atoms with Crippen LogP contribution in [-0.2, 0) is 11.2 Å². The number of nitrogens with zero attached hydrogens (tertiary/aromatic N) is 2. The van der Waals surface area contributed by atoms with Gasteiger partial charge in [0.25, 0.3) is 0 Å². The Hall–Kier alpha value is -1.40. The molecule has 0 aliphatic carbocycles. The number of aromatic amines is 1. The van der Waals surface area contributed by atoms with Gasteiger partial charge in [-0.15, -0.1) is 0 Å². The van der Waals surface area contributed by atoms with Crippen LogP contribution in [0.15, 0.2) is 12.4 Å². The number of carbonyl (C=O) groups excluding carboxylic acids is 1. The maximum Gasteiger partial charge on any atom is 0.222 e. The zero-order valence-electron chi connectivity index (χ0n) is 11.7. The van der Waals surface area contributed by atoms with E-state index < -0.39 is 6.10 Å². The monoisotopic (exact) mass is 281 g/mol. The van der Waals surface area contributed by atoms with Gasteiger partial charge in [-0.2, -0.15) is 5.10 Å². The molecule has 0 aromatic carbocycles. The number of likely N-dealkylation sites (tertiary alicyclic amines) is 1. The first-order chi connectivity index (χ1) is 9.70. The molecule has 0 spiro atoms. The minimum absolute atomic E-state index is 0.120. The molecule has 1 aromatic heterocycles. The van der Waals surface area contributed by atoms with Crippen LogP contribution in [0.2, 0.25) is 0 Å². The van der Waals surface area contributed by atoms with Crippen LogP contribution in [0.5, 0.6) is 0 Å². The lowest BCUT2D eigenvalue weighted by Gasteiger charge is -2.33. The van der Waals surface area contributed by atoms with Crippen molar-refractivity contribution in [2.24, 2.45) is 5.92 Å². The Labute approximate surface area is 118 Å². The van der Waals surface area contributed by atoms with Gasteiger partial charge >= 0.3 is 0 Å². The molecule has 112 valence electrons. The molecule has 1 unspecified atom stereocenters. The quantitative estimate of drug-likeness (QED) is 0.701. The van der Waals surface area contributed by atoms with Crippen LogP contribution >= 0.6 is 0 Å². The van der Waals surface area contributed by atoms with E-state index in [0.717, 1.165) is 31.2 Å². The Kier molecular flexibility index (Phi) is 5.55. The van der Waals surface area contributed by atoms with Crippen LogP contribution in [0.1, 0.15) is 31.2 Å². The highest BCUT2D eigenvalue weighted by Gasteiger charge is 2.26. The van der Waals surface area contributed by atoms with E-state index in [9.17, 15) is 9.90 Å². The fourth-order valence-electron chi connectivity index (χ4n) is 2.70. The summed E-state index contributed by atoms with van der Waals surface area (Å²) < 4.78 is 0. The lowest BCUT2D eigenvalue weighted by Crippen LogP contribution is -2.41. The molecule has 0 bridgehead atoms. The Balaban J connectivity index is 1.66. The average Bonchev–Trinajstić information content (AvgIpc) is 2.99. The fourth-order valence-corrected chi connectivity index (χ4v) is 2.70. The van der Waals surface area contributed by atoms with E-state index in [0.29, 0.717) is 19.5 Å². The minimum atomic E-state index is -0.645. The molecule has 1 aliphatic rings. The topological polar surface area (TPSA) is 89.5 Å². The van der Waals surface area contributed by atoms with Crippen molar-refractivity contribution < 1.29 is 15.0 Å². The largest absolute Gasteiger partial charge is 0.394 e. The number of piperidine rings is 1. The van der Waals surface area contributed by atoms with Gasteiger partial charge in [-0.05, 0) is 37.2 Å². The van der Waals surface area contributed by atoms with E-state index in [1.807, 2.05) is 11.1 Å². The van der Waals surface area contributed by atoms with Crippen molar-refractivity contribution in [2.75, 3.05) is 19.7 Å². The first kappa shape index (κ1) is 15.0. The predicted octanol–water partition coefficient (Wildman–Crippen LogP) is 0.324. The number of aliphatic hydroxyl groups excluding tert-OH is 2. The van der Waals surface area contributed by atoms with Gasteiger partial charge in [-0.3, -0.25) is 9.89 Å². The normalized spacial score (nSPS) is 18.2. The Bertz CT molecular complexity index is 400. The van der Waals surface area contributed by atoms with Crippen LogP contribution < -0.4 is 0 Å². The minimum Gasteiger partial charge on any atom is -0.394 e. The third-order valence-electron chi connectivity index (χ3n) is 4.03. The number of aliphatic hydroxyl groups is 2. The Morgan fingerprint density at radius 2 is 2.25 bits per heavy atom. The van der Waals surface area contributed by atoms with Crippen LogP contribution in [0, 0.1) is 5.92 Å². The van der Waals surface area contributed by atoms with Gasteiger partial charge in [-0.25, -0.2) is 0 Å². The van der Waals surface area contributed by atoms with Gasteiger partial charge < -0.3 is 15.1 Å². The highest BCUT2D eigenvalue weighted by Crippen LogP contribution is 2.21. The van der Waals surface area contributed by atoms with E-state index in [4.69, 9.17) is 5.11 Å². The van der Waals surface area contributed by atoms with Gasteiger partial charge in [0.1, 0.15) is 0 Å². The van der Waals surface area contributed by atoms with Crippen molar-refractivity contribution in [1.29, 1.82) is 0 Å². The van der Waals surface area contributed by atoms with Gasteiger partial charge in [-0.1, -0.05) is 0 Å². The van der Waals surface area contributed by atoms with Crippen LogP contribution in [0.4, 0.5) is 0 Å². The summed E-state index contributed by atoms with van der Waals surface area (Å²) in [6.45, 7) is 1.18. The molecule has 1 saturated heterocycles. The van der Waals surface area contributed by atoms with E-state index in [2.05, 4.69) is 10.2 Å². The average molecular weight is 281 g/mol. The zero-order valence-corrected chi connectivity index (χ0v) is 11.7. The summed E-state index contributed by atoms with van der Waals surface area (Å²) in [4.78, 5) is 13.9. The number of carbonyl (C=O) groups is 1. The number of H-pyrrole nitrogens is 1. The third kappa shape index (κ3) is 4.05. The zero-order chi connectivity index (χ0) is 14.4. The molecule has 1 atom stereocenters. The number of hydrogen-bond donors (Lipinski definition) is 3. The van der Waals surface area contributed by atoms with Gasteiger partial charge in [0.05, 0.1) is 18.9 Å². The molecule has 1 amide bonds. The first-order valence-corrected chi connectivity index (χ1v) is 7.25. The summed E-state index contributed by atoms with van der Waals surface area (Å²) in [6, 6.07) is 0. The molecule has 3 N–H and O–H groups in total. The second-order valence-corrected chi connectivity index (χ2v) is 5.43. The summed E-state index contributed by atoms with van der Waals surface area (Å²) in [5, 5.41) is 25.2. The maximum atomic E-state index is 12.1. The lowest BCUT2D eigenvalue weighted by atomic mass is 9.91. The van der Waals surface area contributed by atoms with Crippen LogP contribution in [0.3, 0.4) is 0 Å². The molecule has 1 aliphatic heterocycles. The predicted molar refractivity (Wildman–Crippen MR) is 73.9 cm³/mol. The molecular formula is C14H23N3O3. The summed E-state index contributed by atoms with van der Waals surface area (Å²) in [5.41, 5.74) is 1.13.